The van der Waals surface area contributed by atoms with Crippen LogP contribution in [0.3, 0.4) is 0 Å². The highest BCUT2D eigenvalue weighted by Crippen LogP contribution is 2.30. The van der Waals surface area contributed by atoms with E-state index in [4.69, 9.17) is 0 Å². The van der Waals surface area contributed by atoms with E-state index in [9.17, 15) is 18.4 Å². The maximum Gasteiger partial charge on any atom is 0.322 e. The second-order valence-corrected chi connectivity index (χ2v) is 8.84. The molecule has 2 aliphatic rings. The number of hydrogen-bond acceptors (Lipinski definition) is 2. The Kier molecular flexibility index (Phi) is 6.77. The molecule has 0 unspecified atom stereocenters. The zero-order valence-electron chi connectivity index (χ0n) is 18.4. The summed E-state index contributed by atoms with van der Waals surface area (Å²) in [5.41, 5.74) is 1.21. The standard InChI is InChI=1S/C24H30F2N4O2/c1-28-13-5-8-20(28)15-29(19-10-11-19)23(31)16-30(18-6-3-2-4-7-18)24(32)27-17-9-12-21(25)22(26)14-17/h5,8-9,12-14,18-19H,2-4,6-7,10-11,15-16H2,1H3,(H,27,32). The molecule has 3 amide bonds. The highest BCUT2D eigenvalue weighted by molar-refractivity contribution is 5.92. The number of carbonyl (C=O) groups is 2. The molecule has 0 spiro atoms. The van der Waals surface area contributed by atoms with Gasteiger partial charge in [0.25, 0.3) is 0 Å². The number of aromatic nitrogens is 1. The Labute approximate surface area is 187 Å². The van der Waals surface area contributed by atoms with E-state index in [1.165, 1.54) is 6.07 Å². The molecule has 1 N–H and O–H groups in total. The number of aryl methyl sites for hydroxylation is 1. The van der Waals surface area contributed by atoms with Gasteiger partial charge in [-0.3, -0.25) is 4.79 Å². The monoisotopic (exact) mass is 444 g/mol. The van der Waals surface area contributed by atoms with E-state index >= 15 is 0 Å². The quantitative estimate of drug-likeness (QED) is 0.675. The van der Waals surface area contributed by atoms with Crippen molar-refractivity contribution in [1.29, 1.82) is 0 Å². The van der Waals surface area contributed by atoms with Crippen molar-refractivity contribution in [3.05, 3.63) is 53.9 Å². The van der Waals surface area contributed by atoms with Crippen molar-refractivity contribution in [2.75, 3.05) is 11.9 Å². The van der Waals surface area contributed by atoms with Gasteiger partial charge < -0.3 is 19.7 Å². The van der Waals surface area contributed by atoms with Crippen molar-refractivity contribution in [2.45, 2.75) is 63.6 Å². The van der Waals surface area contributed by atoms with Gasteiger partial charge in [0.05, 0.1) is 6.54 Å². The number of nitrogens with one attached hydrogen (secondary N) is 1. The van der Waals surface area contributed by atoms with E-state index in [-0.39, 0.29) is 30.2 Å². The summed E-state index contributed by atoms with van der Waals surface area (Å²) < 4.78 is 28.9. The van der Waals surface area contributed by atoms with Crippen LogP contribution >= 0.6 is 0 Å². The Hall–Kier alpha value is -2.90. The highest BCUT2D eigenvalue weighted by Gasteiger charge is 2.36. The van der Waals surface area contributed by atoms with Crippen molar-refractivity contribution >= 4 is 17.6 Å². The molecule has 4 rings (SSSR count). The van der Waals surface area contributed by atoms with Gasteiger partial charge in [0, 0.05) is 42.8 Å². The van der Waals surface area contributed by atoms with Gasteiger partial charge in [-0.15, -0.1) is 0 Å². The Morgan fingerprint density at radius 3 is 2.34 bits per heavy atom. The Morgan fingerprint density at radius 1 is 1.00 bits per heavy atom. The lowest BCUT2D eigenvalue weighted by molar-refractivity contribution is -0.133. The molecule has 2 saturated carbocycles. The van der Waals surface area contributed by atoms with Gasteiger partial charge in [-0.2, -0.15) is 0 Å². The van der Waals surface area contributed by atoms with Gasteiger partial charge in [-0.1, -0.05) is 19.3 Å². The van der Waals surface area contributed by atoms with E-state index < -0.39 is 17.7 Å². The number of rotatable bonds is 7. The normalized spacial score (nSPS) is 16.6. The van der Waals surface area contributed by atoms with Gasteiger partial charge in [-0.05, 0) is 49.9 Å². The number of halogens is 2. The molecule has 0 radical (unpaired) electrons. The summed E-state index contributed by atoms with van der Waals surface area (Å²) in [6, 6.07) is 6.92. The third kappa shape index (κ3) is 5.29. The number of benzene rings is 1. The SMILES string of the molecule is Cn1cccc1CN(C(=O)CN(C(=O)Nc1ccc(F)c(F)c1)C1CCCCC1)C1CC1. The van der Waals surface area contributed by atoms with Crippen molar-refractivity contribution < 1.29 is 18.4 Å². The molecule has 32 heavy (non-hydrogen) atoms. The van der Waals surface area contributed by atoms with Crippen LogP contribution in [0.25, 0.3) is 0 Å². The summed E-state index contributed by atoms with van der Waals surface area (Å²) in [7, 11) is 1.95. The second-order valence-electron chi connectivity index (χ2n) is 8.84. The molecular formula is C24H30F2N4O2. The fraction of sp³-hybridized carbons (Fsp3) is 0.500. The molecule has 1 aromatic heterocycles. The van der Waals surface area contributed by atoms with Crippen LogP contribution in [-0.4, -0.2) is 44.9 Å². The molecule has 2 fully saturated rings. The fourth-order valence-electron chi connectivity index (χ4n) is 4.41. The second kappa shape index (κ2) is 9.71. The van der Waals surface area contributed by atoms with Crippen molar-refractivity contribution in [3.8, 4) is 0 Å². The Balaban J connectivity index is 1.50. The van der Waals surface area contributed by atoms with Crippen LogP contribution in [-0.2, 0) is 18.4 Å². The molecule has 1 aromatic carbocycles. The number of urea groups is 1. The van der Waals surface area contributed by atoms with Crippen molar-refractivity contribution in [2.24, 2.45) is 7.05 Å². The zero-order chi connectivity index (χ0) is 22.7. The van der Waals surface area contributed by atoms with Crippen LogP contribution < -0.4 is 5.32 Å². The first-order valence-electron chi connectivity index (χ1n) is 11.3. The summed E-state index contributed by atoms with van der Waals surface area (Å²) in [5, 5.41) is 2.66. The average Bonchev–Trinajstić information content (AvgIpc) is 3.54. The lowest BCUT2D eigenvalue weighted by atomic mass is 9.94. The van der Waals surface area contributed by atoms with Crippen LogP contribution in [0.15, 0.2) is 36.5 Å². The van der Waals surface area contributed by atoms with Crippen LogP contribution in [0.4, 0.5) is 19.3 Å². The molecule has 2 aliphatic carbocycles. The predicted octanol–water partition coefficient (Wildman–Crippen LogP) is 4.66. The molecule has 8 heteroatoms. The van der Waals surface area contributed by atoms with Gasteiger partial charge in [0.1, 0.15) is 6.54 Å². The molecule has 0 bridgehead atoms. The van der Waals surface area contributed by atoms with Crippen molar-refractivity contribution in [3.63, 3.8) is 0 Å². The van der Waals surface area contributed by atoms with Crippen LogP contribution in [0, 0.1) is 11.6 Å². The van der Waals surface area contributed by atoms with E-state index in [2.05, 4.69) is 5.32 Å². The summed E-state index contributed by atoms with van der Waals surface area (Å²) >= 11 is 0. The molecule has 1 heterocycles. The van der Waals surface area contributed by atoms with Gasteiger partial charge in [0.15, 0.2) is 11.6 Å². The molecule has 6 nitrogen and oxygen atoms in total. The lowest BCUT2D eigenvalue weighted by Gasteiger charge is -2.35. The van der Waals surface area contributed by atoms with E-state index in [1.54, 1.807) is 4.90 Å². The minimum absolute atomic E-state index is 0.0267. The average molecular weight is 445 g/mol. The molecule has 2 aromatic rings. The molecule has 0 saturated heterocycles. The first kappa shape index (κ1) is 22.3. The number of carbonyl (C=O) groups excluding carboxylic acids is 2. The zero-order valence-corrected chi connectivity index (χ0v) is 18.4. The molecule has 172 valence electrons. The van der Waals surface area contributed by atoms with Crippen LogP contribution in [0.5, 0.6) is 0 Å². The minimum atomic E-state index is -1.02. The summed E-state index contributed by atoms with van der Waals surface area (Å²) in [6.07, 6.45) is 8.69. The largest absolute Gasteiger partial charge is 0.353 e. The predicted molar refractivity (Wildman–Crippen MR) is 118 cm³/mol. The van der Waals surface area contributed by atoms with E-state index in [0.717, 1.165) is 62.8 Å². The maximum absolute atomic E-state index is 13.6. The van der Waals surface area contributed by atoms with E-state index in [0.29, 0.717) is 6.54 Å². The first-order chi connectivity index (χ1) is 15.4. The maximum atomic E-state index is 13.6. The minimum Gasteiger partial charge on any atom is -0.353 e. The highest BCUT2D eigenvalue weighted by atomic mass is 19.2. The lowest BCUT2D eigenvalue weighted by Crippen LogP contribution is -2.50. The van der Waals surface area contributed by atoms with Crippen molar-refractivity contribution in [1.82, 2.24) is 14.4 Å². The van der Waals surface area contributed by atoms with Crippen LogP contribution in [0.2, 0.25) is 0 Å². The summed E-state index contributed by atoms with van der Waals surface area (Å²) in [5.74, 6) is -2.08. The Bertz CT molecular complexity index is 967. The smallest absolute Gasteiger partial charge is 0.322 e. The first-order valence-corrected chi connectivity index (χ1v) is 11.3. The summed E-state index contributed by atoms with van der Waals surface area (Å²) in [4.78, 5) is 30.0. The van der Waals surface area contributed by atoms with Gasteiger partial charge >= 0.3 is 6.03 Å². The Morgan fingerprint density at radius 2 is 1.72 bits per heavy atom. The molecule has 0 atom stereocenters. The fourth-order valence-corrected chi connectivity index (χ4v) is 4.41. The van der Waals surface area contributed by atoms with Gasteiger partial charge in [-0.25, -0.2) is 13.6 Å². The topological polar surface area (TPSA) is 57.6 Å². The number of hydrogen-bond donors (Lipinski definition) is 1. The third-order valence-corrected chi connectivity index (χ3v) is 6.44. The number of anilines is 1. The van der Waals surface area contributed by atoms with E-state index in [1.807, 2.05) is 34.8 Å². The summed E-state index contributed by atoms with van der Waals surface area (Å²) in [6.45, 7) is 0.484. The third-order valence-electron chi connectivity index (χ3n) is 6.44. The van der Waals surface area contributed by atoms with Gasteiger partial charge in [0.2, 0.25) is 5.91 Å². The number of nitrogens with zero attached hydrogens (tertiary/aromatic N) is 3. The molecule has 0 aliphatic heterocycles. The number of amides is 3. The van der Waals surface area contributed by atoms with Crippen LogP contribution in [0.1, 0.15) is 50.6 Å². The molecular weight excluding hydrogens is 414 g/mol.